The molecule has 0 radical (unpaired) electrons. The predicted octanol–water partition coefficient (Wildman–Crippen LogP) is 7.14. The number of hydrogen-bond donors (Lipinski definition) is 2. The number of halogens is 2. The number of hydrazone groups is 1. The van der Waals surface area contributed by atoms with E-state index >= 15 is 0 Å². The fraction of sp³-hybridized carbons (Fsp3) is 0.0645. The molecule has 5 aromatic rings. The highest BCUT2D eigenvalue weighted by atomic mass is 35.5. The van der Waals surface area contributed by atoms with Crippen LogP contribution in [0.4, 0.5) is 0 Å². The molecule has 1 heterocycles. The zero-order valence-corrected chi connectivity index (χ0v) is 23.4. The number of nitrogens with one attached hydrogen (secondary N) is 2. The third-order valence-corrected chi connectivity index (χ3v) is 6.82. The Labute approximate surface area is 245 Å². The summed E-state index contributed by atoms with van der Waals surface area (Å²) in [5, 5.41) is 5.74. The molecule has 4 aromatic carbocycles. The highest BCUT2D eigenvalue weighted by Gasteiger charge is 2.22. The number of esters is 1. The Kier molecular flexibility index (Phi) is 8.24. The molecule has 10 heteroatoms. The van der Waals surface area contributed by atoms with Crippen LogP contribution in [0, 0.1) is 0 Å². The second kappa shape index (κ2) is 12.2. The summed E-state index contributed by atoms with van der Waals surface area (Å²) in [7, 11) is 3.01. The maximum atomic E-state index is 13.4. The van der Waals surface area contributed by atoms with Gasteiger partial charge in [-0.15, -0.1) is 0 Å². The van der Waals surface area contributed by atoms with Crippen LogP contribution in [-0.2, 0) is 0 Å². The van der Waals surface area contributed by atoms with E-state index in [1.165, 1.54) is 19.4 Å². The van der Waals surface area contributed by atoms with E-state index < -0.39 is 11.9 Å². The van der Waals surface area contributed by atoms with Gasteiger partial charge in [0.25, 0.3) is 5.91 Å². The number of aromatic nitrogens is 1. The molecule has 0 bridgehead atoms. The van der Waals surface area contributed by atoms with Gasteiger partial charge >= 0.3 is 5.97 Å². The smallest absolute Gasteiger partial charge is 0.347 e. The Morgan fingerprint density at radius 1 is 0.854 bits per heavy atom. The van der Waals surface area contributed by atoms with Crippen LogP contribution < -0.4 is 19.6 Å². The van der Waals surface area contributed by atoms with Crippen LogP contribution >= 0.6 is 23.2 Å². The van der Waals surface area contributed by atoms with Crippen molar-refractivity contribution in [1.29, 1.82) is 0 Å². The topological polar surface area (TPSA) is 102 Å². The lowest BCUT2D eigenvalue weighted by atomic mass is 10.0. The van der Waals surface area contributed by atoms with E-state index in [4.69, 9.17) is 37.4 Å². The number of carbonyl (C=O) groups excluding carboxylic acids is 2. The van der Waals surface area contributed by atoms with Gasteiger partial charge in [0.15, 0.2) is 0 Å². The van der Waals surface area contributed by atoms with E-state index in [-0.39, 0.29) is 17.0 Å². The van der Waals surface area contributed by atoms with Gasteiger partial charge < -0.3 is 19.2 Å². The van der Waals surface area contributed by atoms with Gasteiger partial charge in [-0.2, -0.15) is 5.10 Å². The second-order valence-corrected chi connectivity index (χ2v) is 9.55. The SMILES string of the molecule is COc1ccc(Cl)cc1C(=O)Oc1ccccc1C=NNC(=O)c1[nH]c2c(OC)cccc2c1-c1ccccc1Cl. The summed E-state index contributed by atoms with van der Waals surface area (Å²) in [6.45, 7) is 0. The molecule has 0 spiro atoms. The van der Waals surface area contributed by atoms with Crippen LogP contribution in [0.5, 0.6) is 17.2 Å². The number of para-hydroxylation sites is 2. The lowest BCUT2D eigenvalue weighted by molar-refractivity contribution is 0.0730. The molecule has 0 unspecified atom stereocenters. The summed E-state index contributed by atoms with van der Waals surface area (Å²) in [6, 6.07) is 24.2. The Balaban J connectivity index is 1.43. The maximum absolute atomic E-state index is 13.4. The molecule has 0 fully saturated rings. The van der Waals surface area contributed by atoms with E-state index in [2.05, 4.69) is 15.5 Å². The molecule has 1 amide bonds. The van der Waals surface area contributed by atoms with Crippen LogP contribution in [0.15, 0.2) is 90.0 Å². The van der Waals surface area contributed by atoms with Crippen molar-refractivity contribution >= 4 is 52.2 Å². The number of fused-ring (bicyclic) bond motifs is 1. The minimum Gasteiger partial charge on any atom is -0.496 e. The molecule has 0 saturated heterocycles. The van der Waals surface area contributed by atoms with Crippen LogP contribution in [0.1, 0.15) is 26.4 Å². The van der Waals surface area contributed by atoms with Gasteiger partial charge in [0.05, 0.1) is 26.0 Å². The molecule has 8 nitrogen and oxygen atoms in total. The van der Waals surface area contributed by atoms with Crippen molar-refractivity contribution in [2.75, 3.05) is 14.2 Å². The average Bonchev–Trinajstić information content (AvgIpc) is 3.38. The van der Waals surface area contributed by atoms with E-state index in [9.17, 15) is 9.59 Å². The Morgan fingerprint density at radius 3 is 2.37 bits per heavy atom. The normalized spacial score (nSPS) is 11.0. The lowest BCUT2D eigenvalue weighted by Crippen LogP contribution is -2.19. The number of rotatable bonds is 8. The van der Waals surface area contributed by atoms with Crippen molar-refractivity contribution in [2.45, 2.75) is 0 Å². The molecule has 0 aliphatic heterocycles. The first kappa shape index (κ1) is 27.8. The van der Waals surface area contributed by atoms with Crippen LogP contribution in [0.2, 0.25) is 10.0 Å². The summed E-state index contributed by atoms with van der Waals surface area (Å²) in [5.74, 6) is -0.0460. The maximum Gasteiger partial charge on any atom is 0.347 e. The van der Waals surface area contributed by atoms with Crippen molar-refractivity contribution in [3.8, 4) is 28.4 Å². The molecule has 5 rings (SSSR count). The summed E-state index contributed by atoms with van der Waals surface area (Å²) >= 11 is 12.6. The van der Waals surface area contributed by atoms with Gasteiger partial charge in [0, 0.05) is 32.1 Å². The summed E-state index contributed by atoms with van der Waals surface area (Å²) < 4.78 is 16.4. The van der Waals surface area contributed by atoms with Gasteiger partial charge in [-0.3, -0.25) is 4.79 Å². The van der Waals surface area contributed by atoms with E-state index in [1.807, 2.05) is 30.3 Å². The highest BCUT2D eigenvalue weighted by molar-refractivity contribution is 6.34. The Morgan fingerprint density at radius 2 is 1.59 bits per heavy atom. The molecule has 41 heavy (non-hydrogen) atoms. The Bertz CT molecular complexity index is 1800. The predicted molar refractivity (Wildman–Crippen MR) is 160 cm³/mol. The fourth-order valence-corrected chi connectivity index (χ4v) is 4.77. The van der Waals surface area contributed by atoms with Crippen molar-refractivity contribution in [3.05, 3.63) is 112 Å². The molecular formula is C31H23Cl2N3O5. The highest BCUT2D eigenvalue weighted by Crippen LogP contribution is 2.39. The van der Waals surface area contributed by atoms with Gasteiger partial charge in [0.1, 0.15) is 28.5 Å². The number of benzene rings is 4. The standard InChI is InChI=1S/C31H23Cl2N3O5/c1-39-25-15-14-19(32)16-22(25)31(38)41-24-12-6-3-8-18(24)17-34-36-30(37)29-27(20-9-4-5-11-23(20)33)21-10-7-13-26(40-2)28(21)35-29/h3-17,35H,1-2H3,(H,36,37). The molecule has 0 aliphatic carbocycles. The largest absolute Gasteiger partial charge is 0.496 e. The molecule has 0 saturated carbocycles. The van der Waals surface area contributed by atoms with Gasteiger partial charge in [-0.05, 0) is 42.5 Å². The van der Waals surface area contributed by atoms with Gasteiger partial charge in [-0.25, -0.2) is 10.2 Å². The number of methoxy groups -OCH3 is 2. The first-order chi connectivity index (χ1) is 19.9. The lowest BCUT2D eigenvalue weighted by Gasteiger charge is -2.10. The molecule has 206 valence electrons. The summed E-state index contributed by atoms with van der Waals surface area (Å²) in [6.07, 6.45) is 1.38. The number of hydrogen-bond acceptors (Lipinski definition) is 6. The second-order valence-electron chi connectivity index (χ2n) is 8.71. The van der Waals surface area contributed by atoms with Crippen molar-refractivity contribution < 1.29 is 23.8 Å². The van der Waals surface area contributed by atoms with Crippen LogP contribution in [-0.4, -0.2) is 37.3 Å². The van der Waals surface area contributed by atoms with Crippen molar-refractivity contribution in [3.63, 3.8) is 0 Å². The van der Waals surface area contributed by atoms with Gasteiger partial charge in [0.2, 0.25) is 0 Å². The molecule has 0 atom stereocenters. The third-order valence-electron chi connectivity index (χ3n) is 6.26. The molecule has 0 aliphatic rings. The molecule has 2 N–H and O–H groups in total. The number of carbonyl (C=O) groups is 2. The minimum absolute atomic E-state index is 0.168. The van der Waals surface area contributed by atoms with Crippen molar-refractivity contribution in [2.24, 2.45) is 5.10 Å². The summed E-state index contributed by atoms with van der Waals surface area (Å²) in [4.78, 5) is 29.5. The minimum atomic E-state index is -0.661. The van der Waals surface area contributed by atoms with E-state index in [0.717, 1.165) is 5.39 Å². The first-order valence-electron chi connectivity index (χ1n) is 12.3. The molecular weight excluding hydrogens is 565 g/mol. The Hall–Kier alpha value is -4.79. The van der Waals surface area contributed by atoms with E-state index in [0.29, 0.717) is 43.8 Å². The first-order valence-corrected chi connectivity index (χ1v) is 13.1. The molecule has 1 aromatic heterocycles. The monoisotopic (exact) mass is 587 g/mol. The van der Waals surface area contributed by atoms with Gasteiger partial charge in [-0.1, -0.05) is 65.7 Å². The summed E-state index contributed by atoms with van der Waals surface area (Å²) in [5.41, 5.74) is 5.36. The van der Waals surface area contributed by atoms with Crippen LogP contribution in [0.25, 0.3) is 22.0 Å². The quantitative estimate of drug-likeness (QED) is 0.0869. The fourth-order valence-electron chi connectivity index (χ4n) is 4.37. The third kappa shape index (κ3) is 5.75. The zero-order valence-electron chi connectivity index (χ0n) is 21.9. The number of aromatic amines is 1. The van der Waals surface area contributed by atoms with Crippen molar-refractivity contribution in [1.82, 2.24) is 10.4 Å². The number of amides is 1. The zero-order chi connectivity index (χ0) is 28.9. The number of H-pyrrole nitrogens is 1. The van der Waals surface area contributed by atoms with Crippen LogP contribution in [0.3, 0.4) is 0 Å². The van der Waals surface area contributed by atoms with E-state index in [1.54, 1.807) is 55.6 Å². The average molecular weight is 588 g/mol. The number of nitrogens with zero attached hydrogens (tertiary/aromatic N) is 1. The number of ether oxygens (including phenoxy) is 3.